The molecule has 1 unspecified atom stereocenters. The number of nitrogens with zero attached hydrogens (tertiary/aromatic N) is 2. The van der Waals surface area contributed by atoms with Crippen molar-refractivity contribution in [2.24, 2.45) is 0 Å². The van der Waals surface area contributed by atoms with Crippen LogP contribution in [0.15, 0.2) is 42.5 Å². The van der Waals surface area contributed by atoms with Gasteiger partial charge in [-0.25, -0.2) is 0 Å². The van der Waals surface area contributed by atoms with E-state index in [-0.39, 0.29) is 12.0 Å². The number of anilines is 1. The van der Waals surface area contributed by atoms with Crippen molar-refractivity contribution >= 4 is 11.6 Å². The molecule has 2 saturated heterocycles. The fraction of sp³-hybridized carbons (Fsp3) is 0.500. The van der Waals surface area contributed by atoms with Crippen molar-refractivity contribution in [3.8, 4) is 11.5 Å². The summed E-state index contributed by atoms with van der Waals surface area (Å²) >= 11 is 0. The van der Waals surface area contributed by atoms with Gasteiger partial charge in [0.1, 0.15) is 12.7 Å². The van der Waals surface area contributed by atoms with E-state index in [1.165, 1.54) is 16.8 Å². The summed E-state index contributed by atoms with van der Waals surface area (Å²) in [4.78, 5) is 17.0. The molecule has 4 rings (SSSR count). The normalized spacial score (nSPS) is 18.8. The number of carbonyl (C=O) groups is 1. The number of methoxy groups -OCH3 is 1. The van der Waals surface area contributed by atoms with Gasteiger partial charge in [-0.05, 0) is 49.1 Å². The van der Waals surface area contributed by atoms with E-state index in [4.69, 9.17) is 14.2 Å². The van der Waals surface area contributed by atoms with Crippen LogP contribution in [0.5, 0.6) is 11.5 Å². The number of hydrogen-bond donors (Lipinski definition) is 1. The van der Waals surface area contributed by atoms with Crippen LogP contribution in [-0.4, -0.2) is 70.0 Å². The number of piperazine rings is 1. The predicted octanol–water partition coefficient (Wildman–Crippen LogP) is 3.00. The van der Waals surface area contributed by atoms with Gasteiger partial charge in [0.2, 0.25) is 5.91 Å². The molecule has 0 aliphatic carbocycles. The van der Waals surface area contributed by atoms with E-state index in [0.717, 1.165) is 45.6 Å². The number of ether oxygens (including phenoxy) is 3. The molecule has 1 amide bonds. The standard InChI is InChI=1S/C26H35N3O4/c1-20-6-3-4-7-22(20)29-14-12-28(13-15-29)19-21-9-10-23(31-2)25(18-21)33-17-11-27-26(30)24-8-5-16-32-24/h3-4,6-7,9-10,18,24H,5,8,11-17,19H2,1-2H3,(H,27,30). The van der Waals surface area contributed by atoms with Crippen molar-refractivity contribution in [1.29, 1.82) is 0 Å². The Morgan fingerprint density at radius 1 is 1.12 bits per heavy atom. The van der Waals surface area contributed by atoms with Gasteiger partial charge in [0.05, 0.1) is 13.7 Å². The van der Waals surface area contributed by atoms with Crippen LogP contribution in [0, 0.1) is 6.92 Å². The number of nitrogens with one attached hydrogen (secondary N) is 1. The van der Waals surface area contributed by atoms with Crippen molar-refractivity contribution < 1.29 is 19.0 Å². The second-order valence-electron chi connectivity index (χ2n) is 8.68. The number of hydrogen-bond acceptors (Lipinski definition) is 6. The summed E-state index contributed by atoms with van der Waals surface area (Å²) < 4.78 is 16.8. The lowest BCUT2D eigenvalue weighted by Gasteiger charge is -2.36. The van der Waals surface area contributed by atoms with E-state index in [1.807, 2.05) is 6.07 Å². The van der Waals surface area contributed by atoms with Gasteiger partial charge in [-0.1, -0.05) is 24.3 Å². The van der Waals surface area contributed by atoms with E-state index >= 15 is 0 Å². The quantitative estimate of drug-likeness (QED) is 0.589. The van der Waals surface area contributed by atoms with Gasteiger partial charge in [-0.3, -0.25) is 9.69 Å². The number of rotatable bonds is 9. The molecule has 2 heterocycles. The van der Waals surface area contributed by atoms with Crippen LogP contribution in [0.3, 0.4) is 0 Å². The minimum atomic E-state index is -0.311. The Hall–Kier alpha value is -2.77. The molecule has 1 N–H and O–H groups in total. The number of amides is 1. The maximum absolute atomic E-state index is 12.1. The minimum absolute atomic E-state index is 0.0540. The van der Waals surface area contributed by atoms with Gasteiger partial charge in [0.25, 0.3) is 0 Å². The Balaban J connectivity index is 1.27. The van der Waals surface area contributed by atoms with Crippen molar-refractivity contribution in [3.63, 3.8) is 0 Å². The van der Waals surface area contributed by atoms with Crippen molar-refractivity contribution in [2.45, 2.75) is 32.4 Å². The molecular weight excluding hydrogens is 418 g/mol. The summed E-state index contributed by atoms with van der Waals surface area (Å²) in [6.07, 6.45) is 1.43. The van der Waals surface area contributed by atoms with E-state index in [2.05, 4.69) is 58.4 Å². The van der Waals surface area contributed by atoms with Crippen LogP contribution >= 0.6 is 0 Å². The Morgan fingerprint density at radius 2 is 1.94 bits per heavy atom. The monoisotopic (exact) mass is 453 g/mol. The molecule has 2 aromatic carbocycles. The molecule has 2 aromatic rings. The Morgan fingerprint density at radius 3 is 2.67 bits per heavy atom. The molecule has 1 atom stereocenters. The highest BCUT2D eigenvalue weighted by atomic mass is 16.5. The molecule has 7 heteroatoms. The third-order valence-electron chi connectivity index (χ3n) is 6.34. The molecule has 0 bridgehead atoms. The highest BCUT2D eigenvalue weighted by Crippen LogP contribution is 2.29. The van der Waals surface area contributed by atoms with Crippen molar-refractivity contribution in [3.05, 3.63) is 53.6 Å². The largest absolute Gasteiger partial charge is 0.493 e. The lowest BCUT2D eigenvalue weighted by Crippen LogP contribution is -2.46. The average Bonchev–Trinajstić information content (AvgIpc) is 3.38. The highest BCUT2D eigenvalue weighted by Gasteiger charge is 2.23. The molecular formula is C26H35N3O4. The topological polar surface area (TPSA) is 63.3 Å². The minimum Gasteiger partial charge on any atom is -0.493 e. The van der Waals surface area contributed by atoms with Crippen molar-refractivity contribution in [1.82, 2.24) is 10.2 Å². The maximum Gasteiger partial charge on any atom is 0.249 e. The first-order chi connectivity index (χ1) is 16.1. The lowest BCUT2D eigenvalue weighted by molar-refractivity contribution is -0.130. The van der Waals surface area contributed by atoms with Gasteiger partial charge in [0, 0.05) is 45.0 Å². The predicted molar refractivity (Wildman–Crippen MR) is 129 cm³/mol. The van der Waals surface area contributed by atoms with Crippen LogP contribution in [0.4, 0.5) is 5.69 Å². The Labute approximate surface area is 196 Å². The zero-order chi connectivity index (χ0) is 23.0. The van der Waals surface area contributed by atoms with E-state index in [9.17, 15) is 4.79 Å². The molecule has 0 aromatic heterocycles. The van der Waals surface area contributed by atoms with Gasteiger partial charge >= 0.3 is 0 Å². The Bertz CT molecular complexity index is 922. The summed E-state index contributed by atoms with van der Waals surface area (Å²) in [5.74, 6) is 1.36. The average molecular weight is 454 g/mol. The van der Waals surface area contributed by atoms with Crippen LogP contribution in [0.2, 0.25) is 0 Å². The first-order valence-electron chi connectivity index (χ1n) is 11.9. The molecule has 178 valence electrons. The summed E-state index contributed by atoms with van der Waals surface area (Å²) in [5.41, 5.74) is 3.86. The number of para-hydroxylation sites is 1. The number of aryl methyl sites for hydroxylation is 1. The summed E-state index contributed by atoms with van der Waals surface area (Å²) in [6.45, 7) is 8.62. The SMILES string of the molecule is COc1ccc(CN2CCN(c3ccccc3C)CC2)cc1OCCNC(=O)C1CCCO1. The van der Waals surface area contributed by atoms with Gasteiger partial charge in [-0.15, -0.1) is 0 Å². The zero-order valence-electron chi connectivity index (χ0n) is 19.7. The fourth-order valence-electron chi connectivity index (χ4n) is 4.49. The van der Waals surface area contributed by atoms with Crippen LogP contribution in [-0.2, 0) is 16.1 Å². The summed E-state index contributed by atoms with van der Waals surface area (Å²) in [6, 6.07) is 14.7. The first-order valence-corrected chi connectivity index (χ1v) is 11.9. The number of carbonyl (C=O) groups excluding carboxylic acids is 1. The van der Waals surface area contributed by atoms with Crippen molar-refractivity contribution in [2.75, 3.05) is 57.9 Å². The lowest BCUT2D eigenvalue weighted by atomic mass is 10.1. The second kappa shape index (κ2) is 11.4. The summed E-state index contributed by atoms with van der Waals surface area (Å²) in [5, 5.41) is 2.89. The van der Waals surface area contributed by atoms with E-state index < -0.39 is 0 Å². The van der Waals surface area contributed by atoms with Crippen LogP contribution in [0.1, 0.15) is 24.0 Å². The molecule has 2 aliphatic rings. The smallest absolute Gasteiger partial charge is 0.249 e. The molecule has 2 fully saturated rings. The molecule has 33 heavy (non-hydrogen) atoms. The van der Waals surface area contributed by atoms with Gasteiger partial charge in [0.15, 0.2) is 11.5 Å². The second-order valence-corrected chi connectivity index (χ2v) is 8.68. The molecule has 0 radical (unpaired) electrons. The first kappa shape index (κ1) is 23.4. The zero-order valence-corrected chi connectivity index (χ0v) is 19.7. The Kier molecular flexibility index (Phi) is 8.07. The molecule has 0 saturated carbocycles. The molecule has 2 aliphatic heterocycles. The highest BCUT2D eigenvalue weighted by molar-refractivity contribution is 5.80. The fourth-order valence-corrected chi connectivity index (χ4v) is 4.49. The van der Waals surface area contributed by atoms with Crippen LogP contribution in [0.25, 0.3) is 0 Å². The van der Waals surface area contributed by atoms with Crippen LogP contribution < -0.4 is 19.7 Å². The molecule has 7 nitrogen and oxygen atoms in total. The number of benzene rings is 2. The third kappa shape index (κ3) is 6.18. The van der Waals surface area contributed by atoms with Gasteiger partial charge < -0.3 is 24.4 Å². The van der Waals surface area contributed by atoms with E-state index in [1.54, 1.807) is 7.11 Å². The summed E-state index contributed by atoms with van der Waals surface area (Å²) in [7, 11) is 1.64. The molecule has 0 spiro atoms. The van der Waals surface area contributed by atoms with Gasteiger partial charge in [-0.2, -0.15) is 0 Å². The third-order valence-corrected chi connectivity index (χ3v) is 6.34. The van der Waals surface area contributed by atoms with E-state index in [0.29, 0.717) is 31.3 Å². The maximum atomic E-state index is 12.1.